The number of hydrogen-bond donors (Lipinski definition) is 1. The topological polar surface area (TPSA) is 37.8 Å². The maximum atomic E-state index is 6.02. The van der Waals surface area contributed by atoms with Crippen LogP contribution in [0.4, 0.5) is 5.82 Å². The van der Waals surface area contributed by atoms with E-state index < -0.39 is 0 Å². The predicted octanol–water partition coefficient (Wildman–Crippen LogP) is 3.05. The molecule has 3 nitrogen and oxygen atoms in total. The van der Waals surface area contributed by atoms with E-state index in [0.29, 0.717) is 10.4 Å². The number of anilines is 1. The Bertz CT molecular complexity index is 378. The summed E-state index contributed by atoms with van der Waals surface area (Å²) >= 11 is 8.06. The molecule has 0 radical (unpaired) electrons. The molecule has 5 heteroatoms. The lowest BCUT2D eigenvalue weighted by Crippen LogP contribution is -2.15. The molecule has 1 unspecified atom stereocenters. The van der Waals surface area contributed by atoms with Gasteiger partial charge in [-0.1, -0.05) is 11.6 Å². The molecule has 1 aliphatic heterocycles. The third-order valence-electron chi connectivity index (χ3n) is 2.72. The van der Waals surface area contributed by atoms with Crippen LogP contribution in [0.2, 0.25) is 5.15 Å². The van der Waals surface area contributed by atoms with Crippen LogP contribution in [0, 0.1) is 13.8 Å². The van der Waals surface area contributed by atoms with Crippen molar-refractivity contribution in [2.75, 3.05) is 17.6 Å². The van der Waals surface area contributed by atoms with Crippen LogP contribution in [0.5, 0.6) is 0 Å². The number of nitrogens with zero attached hydrogens (tertiary/aromatic N) is 2. The second-order valence-corrected chi connectivity index (χ2v) is 5.82. The van der Waals surface area contributed by atoms with Crippen LogP contribution in [0.1, 0.15) is 24.2 Å². The van der Waals surface area contributed by atoms with Gasteiger partial charge in [0.1, 0.15) is 16.8 Å². The van der Waals surface area contributed by atoms with Crippen LogP contribution in [-0.2, 0) is 0 Å². The first-order valence-electron chi connectivity index (χ1n) is 5.53. The number of thioether (sulfide) groups is 1. The van der Waals surface area contributed by atoms with E-state index in [0.717, 1.165) is 23.8 Å². The molecule has 0 aliphatic carbocycles. The van der Waals surface area contributed by atoms with Crippen LogP contribution in [0.15, 0.2) is 0 Å². The smallest absolute Gasteiger partial charge is 0.137 e. The molecule has 1 aromatic heterocycles. The van der Waals surface area contributed by atoms with Crippen LogP contribution >= 0.6 is 23.4 Å². The van der Waals surface area contributed by atoms with Gasteiger partial charge in [-0.15, -0.1) is 0 Å². The Morgan fingerprint density at radius 3 is 2.94 bits per heavy atom. The zero-order valence-electron chi connectivity index (χ0n) is 9.59. The number of hydrogen-bond acceptors (Lipinski definition) is 4. The van der Waals surface area contributed by atoms with Crippen LogP contribution < -0.4 is 5.32 Å². The van der Waals surface area contributed by atoms with E-state index in [1.54, 1.807) is 0 Å². The highest BCUT2D eigenvalue weighted by atomic mass is 35.5. The average molecular weight is 258 g/mol. The molecule has 1 aliphatic rings. The molecule has 2 rings (SSSR count). The molecule has 0 aromatic carbocycles. The van der Waals surface area contributed by atoms with Crippen LogP contribution in [0.3, 0.4) is 0 Å². The summed E-state index contributed by atoms with van der Waals surface area (Å²) < 4.78 is 0. The highest BCUT2D eigenvalue weighted by Crippen LogP contribution is 2.27. The molecular weight excluding hydrogens is 242 g/mol. The fraction of sp³-hybridized carbons (Fsp3) is 0.636. The van der Waals surface area contributed by atoms with E-state index in [4.69, 9.17) is 11.6 Å². The minimum absolute atomic E-state index is 0.550. The number of aryl methyl sites for hydroxylation is 1. The van der Waals surface area contributed by atoms with E-state index in [-0.39, 0.29) is 0 Å². The quantitative estimate of drug-likeness (QED) is 0.845. The summed E-state index contributed by atoms with van der Waals surface area (Å²) in [5.41, 5.74) is 0.940. The first-order valence-corrected chi connectivity index (χ1v) is 6.95. The summed E-state index contributed by atoms with van der Waals surface area (Å²) in [6, 6.07) is 0. The summed E-state index contributed by atoms with van der Waals surface area (Å²) in [5.74, 6) is 2.89. The number of rotatable bonds is 3. The first kappa shape index (κ1) is 12.0. The minimum Gasteiger partial charge on any atom is -0.369 e. The van der Waals surface area contributed by atoms with Crippen molar-refractivity contribution in [2.45, 2.75) is 31.9 Å². The molecule has 0 amide bonds. The summed E-state index contributed by atoms with van der Waals surface area (Å²) in [7, 11) is 0. The Morgan fingerprint density at radius 2 is 2.25 bits per heavy atom. The Labute approximate surface area is 105 Å². The minimum atomic E-state index is 0.550. The summed E-state index contributed by atoms with van der Waals surface area (Å²) in [6.07, 6.45) is 2.63. The van der Waals surface area contributed by atoms with Gasteiger partial charge in [0.2, 0.25) is 0 Å². The largest absolute Gasteiger partial charge is 0.369 e. The summed E-state index contributed by atoms with van der Waals surface area (Å²) in [6.45, 7) is 4.78. The Balaban J connectivity index is 2.02. The fourth-order valence-electron chi connectivity index (χ4n) is 1.78. The van der Waals surface area contributed by atoms with E-state index in [9.17, 15) is 0 Å². The highest BCUT2D eigenvalue weighted by Gasteiger charge is 2.16. The molecule has 88 valence electrons. The van der Waals surface area contributed by atoms with Crippen molar-refractivity contribution in [3.05, 3.63) is 16.5 Å². The SMILES string of the molecule is Cc1nc(Cl)c(C)c(NCC2CCCS2)n1. The number of halogens is 1. The molecule has 16 heavy (non-hydrogen) atoms. The van der Waals surface area contributed by atoms with Gasteiger partial charge in [-0.25, -0.2) is 9.97 Å². The molecule has 1 N–H and O–H groups in total. The number of nitrogens with one attached hydrogen (secondary N) is 1. The Morgan fingerprint density at radius 1 is 1.44 bits per heavy atom. The summed E-state index contributed by atoms with van der Waals surface area (Å²) in [5, 5.41) is 4.65. The fourth-order valence-corrected chi connectivity index (χ4v) is 3.20. The Kier molecular flexibility index (Phi) is 3.92. The van der Waals surface area contributed by atoms with Crippen molar-refractivity contribution < 1.29 is 0 Å². The first-order chi connectivity index (χ1) is 7.66. The molecule has 0 saturated carbocycles. The van der Waals surface area contributed by atoms with Crippen LogP contribution in [0.25, 0.3) is 0 Å². The zero-order valence-corrected chi connectivity index (χ0v) is 11.2. The maximum absolute atomic E-state index is 6.02. The normalized spacial score (nSPS) is 20.1. The maximum Gasteiger partial charge on any atom is 0.137 e. The van der Waals surface area contributed by atoms with Crippen molar-refractivity contribution in [1.82, 2.24) is 9.97 Å². The molecule has 1 aromatic rings. The van der Waals surface area contributed by atoms with Gasteiger partial charge in [-0.3, -0.25) is 0 Å². The predicted molar refractivity (Wildman–Crippen MR) is 70.5 cm³/mol. The lowest BCUT2D eigenvalue weighted by atomic mass is 10.2. The standard InChI is InChI=1S/C11H16ClN3S/c1-7-10(12)14-8(2)15-11(7)13-6-9-4-3-5-16-9/h9H,3-6H2,1-2H3,(H,13,14,15). The third kappa shape index (κ3) is 2.80. The van der Waals surface area contributed by atoms with E-state index >= 15 is 0 Å². The molecule has 0 bridgehead atoms. The lowest BCUT2D eigenvalue weighted by molar-refractivity contribution is 0.801. The van der Waals surface area contributed by atoms with Gasteiger partial charge in [-0.2, -0.15) is 11.8 Å². The van der Waals surface area contributed by atoms with Crippen molar-refractivity contribution in [1.29, 1.82) is 0 Å². The molecule has 2 heterocycles. The van der Waals surface area contributed by atoms with Gasteiger partial charge in [0.25, 0.3) is 0 Å². The van der Waals surface area contributed by atoms with Crippen molar-refractivity contribution in [2.24, 2.45) is 0 Å². The number of aromatic nitrogens is 2. The van der Waals surface area contributed by atoms with E-state index in [1.165, 1.54) is 18.6 Å². The van der Waals surface area contributed by atoms with Crippen molar-refractivity contribution in [3.63, 3.8) is 0 Å². The second kappa shape index (κ2) is 5.23. The van der Waals surface area contributed by atoms with Gasteiger partial charge in [0.05, 0.1) is 0 Å². The van der Waals surface area contributed by atoms with Crippen molar-refractivity contribution in [3.8, 4) is 0 Å². The van der Waals surface area contributed by atoms with Gasteiger partial charge in [-0.05, 0) is 32.4 Å². The van der Waals surface area contributed by atoms with Gasteiger partial charge < -0.3 is 5.32 Å². The van der Waals surface area contributed by atoms with Gasteiger partial charge >= 0.3 is 0 Å². The van der Waals surface area contributed by atoms with E-state index in [2.05, 4.69) is 15.3 Å². The average Bonchev–Trinajstić information content (AvgIpc) is 2.74. The van der Waals surface area contributed by atoms with E-state index in [1.807, 2.05) is 25.6 Å². The molecule has 1 fully saturated rings. The van der Waals surface area contributed by atoms with Crippen LogP contribution in [-0.4, -0.2) is 27.5 Å². The van der Waals surface area contributed by atoms with Gasteiger partial charge in [0.15, 0.2) is 0 Å². The molecule has 1 saturated heterocycles. The summed E-state index contributed by atoms with van der Waals surface area (Å²) in [4.78, 5) is 8.50. The molecule has 1 atom stereocenters. The second-order valence-electron chi connectivity index (χ2n) is 4.05. The Hall–Kier alpha value is -0.480. The highest BCUT2D eigenvalue weighted by molar-refractivity contribution is 8.00. The zero-order chi connectivity index (χ0) is 11.5. The lowest BCUT2D eigenvalue weighted by Gasteiger charge is -2.13. The molecule has 0 spiro atoms. The monoisotopic (exact) mass is 257 g/mol. The molecular formula is C11H16ClN3S. The third-order valence-corrected chi connectivity index (χ3v) is 4.49. The van der Waals surface area contributed by atoms with Gasteiger partial charge in [0, 0.05) is 17.4 Å². The van der Waals surface area contributed by atoms with Crippen molar-refractivity contribution >= 4 is 29.2 Å².